The van der Waals surface area contributed by atoms with Crippen LogP contribution in [0.3, 0.4) is 0 Å². The van der Waals surface area contributed by atoms with Gasteiger partial charge in [0.05, 0.1) is 5.69 Å². The molecule has 0 N–H and O–H groups in total. The summed E-state index contributed by atoms with van der Waals surface area (Å²) in [7, 11) is 0. The van der Waals surface area contributed by atoms with Crippen molar-refractivity contribution >= 4 is 0 Å². The minimum Gasteiger partial charge on any atom is -0.223 e. The Morgan fingerprint density at radius 1 is 1.23 bits per heavy atom. The summed E-state index contributed by atoms with van der Waals surface area (Å²) in [4.78, 5) is 3.89. The molecule has 2 aromatic rings. The lowest BCUT2D eigenvalue weighted by Crippen LogP contribution is -1.93. The summed E-state index contributed by atoms with van der Waals surface area (Å²) in [5.41, 5.74) is 2.39. The van der Waals surface area contributed by atoms with Crippen LogP contribution in [-0.4, -0.2) is 14.8 Å². The molecule has 0 aliphatic rings. The van der Waals surface area contributed by atoms with Gasteiger partial charge in [0.15, 0.2) is 0 Å². The first-order valence-electron chi connectivity index (χ1n) is 4.34. The Morgan fingerprint density at radius 2 is 2.00 bits per heavy atom. The van der Waals surface area contributed by atoms with Crippen molar-refractivity contribution in [3.63, 3.8) is 0 Å². The third kappa shape index (κ3) is 1.59. The second-order valence-corrected chi connectivity index (χ2v) is 2.86. The van der Waals surface area contributed by atoms with Crippen LogP contribution in [0.1, 0.15) is 12.5 Å². The van der Waals surface area contributed by atoms with E-state index in [-0.39, 0.29) is 0 Å². The van der Waals surface area contributed by atoms with Crippen molar-refractivity contribution in [2.75, 3.05) is 0 Å². The summed E-state index contributed by atoms with van der Waals surface area (Å²) in [6, 6.07) is 8.31. The summed E-state index contributed by atoms with van der Waals surface area (Å²) < 4.78 is 1.75. The van der Waals surface area contributed by atoms with E-state index in [9.17, 15) is 0 Å². The first-order valence-corrected chi connectivity index (χ1v) is 4.34. The van der Waals surface area contributed by atoms with Gasteiger partial charge in [0.25, 0.3) is 0 Å². The van der Waals surface area contributed by atoms with Crippen LogP contribution in [0.4, 0.5) is 0 Å². The van der Waals surface area contributed by atoms with Crippen molar-refractivity contribution in [3.05, 3.63) is 42.5 Å². The van der Waals surface area contributed by atoms with Gasteiger partial charge in [-0.2, -0.15) is 5.10 Å². The van der Waals surface area contributed by atoms with E-state index >= 15 is 0 Å². The molecule has 1 heterocycles. The first-order chi connectivity index (χ1) is 6.40. The molecule has 0 aliphatic carbocycles. The Hall–Kier alpha value is -1.64. The monoisotopic (exact) mass is 173 g/mol. The third-order valence-electron chi connectivity index (χ3n) is 2.03. The Labute approximate surface area is 77.0 Å². The lowest BCUT2D eigenvalue weighted by molar-refractivity contribution is 0.877. The number of nitrogens with zero attached hydrogens (tertiary/aromatic N) is 3. The minimum atomic E-state index is 1.05. The van der Waals surface area contributed by atoms with E-state index in [2.05, 4.69) is 29.1 Å². The van der Waals surface area contributed by atoms with Crippen LogP contribution in [0.5, 0.6) is 0 Å². The highest BCUT2D eigenvalue weighted by atomic mass is 15.3. The first kappa shape index (κ1) is 7.98. The Morgan fingerprint density at radius 3 is 2.54 bits per heavy atom. The molecule has 3 heteroatoms. The maximum atomic E-state index is 4.05. The van der Waals surface area contributed by atoms with E-state index in [1.54, 1.807) is 11.0 Å². The highest BCUT2D eigenvalue weighted by Gasteiger charge is 1.95. The van der Waals surface area contributed by atoms with Gasteiger partial charge in [-0.15, -0.1) is 0 Å². The highest BCUT2D eigenvalue weighted by Crippen LogP contribution is 2.07. The molecule has 0 bridgehead atoms. The third-order valence-corrected chi connectivity index (χ3v) is 2.03. The number of hydrogen-bond donors (Lipinski definition) is 0. The summed E-state index contributed by atoms with van der Waals surface area (Å²) in [5.74, 6) is 0. The van der Waals surface area contributed by atoms with Gasteiger partial charge < -0.3 is 0 Å². The molecule has 13 heavy (non-hydrogen) atoms. The van der Waals surface area contributed by atoms with Crippen LogP contribution in [-0.2, 0) is 6.42 Å². The van der Waals surface area contributed by atoms with Crippen LogP contribution < -0.4 is 0 Å². The second kappa shape index (κ2) is 3.39. The quantitative estimate of drug-likeness (QED) is 0.693. The van der Waals surface area contributed by atoms with Crippen LogP contribution in [0.2, 0.25) is 0 Å². The van der Waals surface area contributed by atoms with E-state index in [1.807, 2.05) is 12.1 Å². The zero-order valence-electron chi connectivity index (χ0n) is 7.51. The van der Waals surface area contributed by atoms with Crippen molar-refractivity contribution in [1.82, 2.24) is 14.8 Å². The predicted molar refractivity (Wildman–Crippen MR) is 50.7 cm³/mol. The van der Waals surface area contributed by atoms with E-state index in [0.717, 1.165) is 12.1 Å². The standard InChI is InChI=1S/C10H11N3/c1-2-9-3-5-10(6-4-9)13-8-11-7-12-13/h3-8H,2H2,1H3. The van der Waals surface area contributed by atoms with Crippen LogP contribution >= 0.6 is 0 Å². The fraction of sp³-hybridized carbons (Fsp3) is 0.200. The normalized spacial score (nSPS) is 10.2. The highest BCUT2D eigenvalue weighted by molar-refractivity contribution is 5.33. The summed E-state index contributed by atoms with van der Waals surface area (Å²) in [6.07, 6.45) is 4.30. The number of aryl methyl sites for hydroxylation is 1. The molecule has 0 amide bonds. The SMILES string of the molecule is CCc1ccc(-n2cncn2)cc1. The molecular formula is C10H11N3. The van der Waals surface area contributed by atoms with Gasteiger partial charge in [-0.1, -0.05) is 19.1 Å². The van der Waals surface area contributed by atoms with Crippen molar-refractivity contribution < 1.29 is 0 Å². The Bertz CT molecular complexity index is 362. The molecule has 0 saturated heterocycles. The van der Waals surface area contributed by atoms with Gasteiger partial charge in [-0.25, -0.2) is 9.67 Å². The molecule has 0 saturated carbocycles. The van der Waals surface area contributed by atoms with Crippen molar-refractivity contribution in [1.29, 1.82) is 0 Å². The number of rotatable bonds is 2. The summed E-state index contributed by atoms with van der Waals surface area (Å²) in [5, 5.41) is 4.05. The van der Waals surface area contributed by atoms with E-state index in [4.69, 9.17) is 0 Å². The molecule has 1 aromatic heterocycles. The van der Waals surface area contributed by atoms with Gasteiger partial charge in [0, 0.05) is 0 Å². The molecule has 1 aromatic carbocycles. The van der Waals surface area contributed by atoms with E-state index in [1.165, 1.54) is 11.9 Å². The molecule has 2 rings (SSSR count). The number of benzene rings is 1. The average molecular weight is 173 g/mol. The minimum absolute atomic E-state index is 1.05. The van der Waals surface area contributed by atoms with Gasteiger partial charge in [0.2, 0.25) is 0 Å². The van der Waals surface area contributed by atoms with Crippen molar-refractivity contribution in [2.24, 2.45) is 0 Å². The Balaban J connectivity index is 2.33. The van der Waals surface area contributed by atoms with Gasteiger partial charge >= 0.3 is 0 Å². The zero-order valence-corrected chi connectivity index (χ0v) is 7.51. The number of aromatic nitrogens is 3. The fourth-order valence-electron chi connectivity index (χ4n) is 1.23. The molecule has 0 atom stereocenters. The van der Waals surface area contributed by atoms with E-state index < -0.39 is 0 Å². The number of hydrogen-bond acceptors (Lipinski definition) is 2. The average Bonchev–Trinajstić information content (AvgIpc) is 2.71. The van der Waals surface area contributed by atoms with Crippen LogP contribution in [0, 0.1) is 0 Å². The molecule has 66 valence electrons. The predicted octanol–water partition coefficient (Wildman–Crippen LogP) is 1.83. The topological polar surface area (TPSA) is 30.7 Å². The van der Waals surface area contributed by atoms with Crippen molar-refractivity contribution in [3.8, 4) is 5.69 Å². The molecule has 0 spiro atoms. The summed E-state index contributed by atoms with van der Waals surface area (Å²) in [6.45, 7) is 2.14. The zero-order chi connectivity index (χ0) is 9.10. The van der Waals surface area contributed by atoms with Gasteiger partial charge in [0.1, 0.15) is 12.7 Å². The largest absolute Gasteiger partial charge is 0.223 e. The fourth-order valence-corrected chi connectivity index (χ4v) is 1.23. The van der Waals surface area contributed by atoms with Crippen LogP contribution in [0.15, 0.2) is 36.9 Å². The maximum Gasteiger partial charge on any atom is 0.138 e. The molecule has 0 aliphatic heterocycles. The molecule has 0 radical (unpaired) electrons. The molecule has 3 nitrogen and oxygen atoms in total. The van der Waals surface area contributed by atoms with E-state index in [0.29, 0.717) is 0 Å². The lowest BCUT2D eigenvalue weighted by Gasteiger charge is -2.00. The maximum absolute atomic E-state index is 4.05. The van der Waals surface area contributed by atoms with Crippen molar-refractivity contribution in [2.45, 2.75) is 13.3 Å². The van der Waals surface area contributed by atoms with Gasteiger partial charge in [-0.3, -0.25) is 0 Å². The summed E-state index contributed by atoms with van der Waals surface area (Å²) >= 11 is 0. The lowest BCUT2D eigenvalue weighted by atomic mass is 10.1. The second-order valence-electron chi connectivity index (χ2n) is 2.86. The van der Waals surface area contributed by atoms with Gasteiger partial charge in [-0.05, 0) is 24.1 Å². The molecular weight excluding hydrogens is 162 g/mol. The molecule has 0 fully saturated rings. The van der Waals surface area contributed by atoms with Crippen LogP contribution in [0.25, 0.3) is 5.69 Å². The smallest absolute Gasteiger partial charge is 0.138 e. The molecule has 0 unspecified atom stereocenters. The Kier molecular flexibility index (Phi) is 2.08.